The van der Waals surface area contributed by atoms with Gasteiger partial charge in [-0.25, -0.2) is 0 Å². The smallest absolute Gasteiger partial charge is 0.310 e. The Morgan fingerprint density at radius 1 is 0.694 bits per heavy atom. The number of carboxylic acid groups (broad SMARTS) is 1. The van der Waals surface area contributed by atoms with Crippen molar-refractivity contribution < 1.29 is 79.2 Å². The highest BCUT2D eigenvalue weighted by atomic mass is 16.8. The van der Waals surface area contributed by atoms with Crippen molar-refractivity contribution in [1.82, 2.24) is 0 Å². The van der Waals surface area contributed by atoms with Crippen LogP contribution in [0.3, 0.4) is 0 Å². The number of rotatable bonds is 8. The molecule has 0 aromatic rings. The Hall–Kier alpha value is -1.35. The number of carbonyl (C=O) groups is 1. The summed E-state index contributed by atoms with van der Waals surface area (Å²) in [6.07, 6.45) is -8.76. The van der Waals surface area contributed by atoms with Gasteiger partial charge in [0.05, 0.1) is 31.3 Å². The van der Waals surface area contributed by atoms with Crippen LogP contribution >= 0.6 is 0 Å². The maximum Gasteiger partial charge on any atom is 0.310 e. The van der Waals surface area contributed by atoms with E-state index in [-0.39, 0.29) is 58.2 Å². The monoisotopic (exact) mass is 882 g/mol. The second-order valence-electron chi connectivity index (χ2n) is 22.6. The molecule has 21 atom stereocenters. The number of allylic oxidation sites excluding steroid dienone is 2. The van der Waals surface area contributed by atoms with Crippen molar-refractivity contribution >= 4 is 5.97 Å². The zero-order valence-electron chi connectivity index (χ0n) is 37.5. The molecule has 0 amide bonds. The molecular weight excluding hydrogens is 808 g/mol. The summed E-state index contributed by atoms with van der Waals surface area (Å²) in [5, 5.41) is 95.8. The third kappa shape index (κ3) is 7.37. The zero-order chi connectivity index (χ0) is 45.1. The van der Waals surface area contributed by atoms with Crippen molar-refractivity contribution in [2.45, 2.75) is 199 Å². The zero-order valence-corrected chi connectivity index (χ0v) is 37.5. The van der Waals surface area contributed by atoms with E-state index >= 15 is 0 Å². The van der Waals surface area contributed by atoms with Crippen LogP contribution in [0.5, 0.6) is 0 Å². The Kier molecular flexibility index (Phi) is 12.5. The van der Waals surface area contributed by atoms with Gasteiger partial charge < -0.3 is 74.4 Å². The fraction of sp³-hybridized carbons (Fsp3) is 0.935. The van der Waals surface area contributed by atoms with Crippen LogP contribution in [0.1, 0.15) is 113 Å². The van der Waals surface area contributed by atoms with E-state index in [0.29, 0.717) is 18.8 Å². The van der Waals surface area contributed by atoms with Gasteiger partial charge in [-0.1, -0.05) is 60.1 Å². The number of aliphatic carboxylic acids is 1. The topological polar surface area (TPSA) is 255 Å². The van der Waals surface area contributed by atoms with Gasteiger partial charge in [0.1, 0.15) is 61.0 Å². The van der Waals surface area contributed by atoms with E-state index in [0.717, 1.165) is 51.4 Å². The van der Waals surface area contributed by atoms with Crippen molar-refractivity contribution in [3.8, 4) is 0 Å². The average Bonchev–Trinajstić information content (AvgIpc) is 3.20. The fourth-order valence-electron chi connectivity index (χ4n) is 14.5. The van der Waals surface area contributed by atoms with Crippen LogP contribution in [-0.2, 0) is 33.2 Å². The molecule has 3 unspecified atom stereocenters. The first-order valence-electron chi connectivity index (χ1n) is 23.1. The molecule has 354 valence electrons. The molecule has 9 N–H and O–H groups in total. The quantitative estimate of drug-likeness (QED) is 0.125. The molecule has 3 aliphatic heterocycles. The lowest BCUT2D eigenvalue weighted by molar-refractivity contribution is -0.357. The van der Waals surface area contributed by atoms with Crippen LogP contribution in [0.15, 0.2) is 11.6 Å². The largest absolute Gasteiger partial charge is 0.481 e. The normalized spacial score (nSPS) is 53.6. The number of carboxylic acids is 1. The van der Waals surface area contributed by atoms with E-state index in [4.69, 9.17) is 28.4 Å². The van der Waals surface area contributed by atoms with Crippen LogP contribution in [-0.4, -0.2) is 158 Å². The lowest BCUT2D eigenvalue weighted by Gasteiger charge is -2.71. The van der Waals surface area contributed by atoms with Crippen molar-refractivity contribution in [3.63, 3.8) is 0 Å². The minimum absolute atomic E-state index is 0.0261. The van der Waals surface area contributed by atoms with Crippen LogP contribution < -0.4 is 0 Å². The molecule has 0 radical (unpaired) electrons. The Bertz CT molecular complexity index is 1690. The van der Waals surface area contributed by atoms with Gasteiger partial charge in [0, 0.05) is 0 Å². The first kappa shape index (κ1) is 47.2. The van der Waals surface area contributed by atoms with Gasteiger partial charge in [-0.2, -0.15) is 0 Å². The summed E-state index contributed by atoms with van der Waals surface area (Å²) < 4.78 is 35.4. The summed E-state index contributed by atoms with van der Waals surface area (Å²) in [5.74, 6) is 0.0164. The minimum atomic E-state index is -1.69. The summed E-state index contributed by atoms with van der Waals surface area (Å²) in [6, 6.07) is 0. The van der Waals surface area contributed by atoms with E-state index in [1.165, 1.54) is 5.57 Å². The summed E-state index contributed by atoms with van der Waals surface area (Å²) in [5.41, 5.74) is 0.204. The first-order chi connectivity index (χ1) is 28.9. The van der Waals surface area contributed by atoms with Crippen LogP contribution in [0.25, 0.3) is 0 Å². The SMILES string of the molecule is CC1(C)CC[C@]2(C(=O)O)CC[C@]3(C)C(=CC[C@@H]4[C@@]5(C)CC[C@H](O[C@@H]6O[C@H](CO[C@@H]7OC[C@H](O)[C@H](O)[C@H]7O[C@@H]7OC[C@@H](O)[C@H](O)[C@H]7O)C(O)C(O)C6O)C(C)(C)[C@@H]5CC[C@]43C)[C@@H]2C1. The standard InChI is InChI=1S/C46H74O16/c1-41(2)14-16-46(40(55)56)17-15-44(6)22(23(46)18-41)8-9-28-43(5)12-11-29(42(3,4)27(43)10-13-45(28,44)7)61-38-35(54)33(52)32(51)26(60-38)21-59-39-36(31(50)25(48)20-58-39)62-37-34(53)30(49)24(47)19-57-37/h8,23-39,47-54H,9-21H2,1-7H3,(H,55,56)/t23-,24+,25-,26+,27-,28+,29-,30-,31-,32?,33?,34+,35?,36+,37-,38-,39-,43-,44+,45+,46-/m0/s1. The summed E-state index contributed by atoms with van der Waals surface area (Å²) >= 11 is 0. The highest BCUT2D eigenvalue weighted by molar-refractivity contribution is 5.76. The number of ether oxygens (including phenoxy) is 6. The molecule has 16 heteroatoms. The highest BCUT2D eigenvalue weighted by Crippen LogP contribution is 2.76. The van der Waals surface area contributed by atoms with Gasteiger partial charge >= 0.3 is 5.97 Å². The molecule has 0 spiro atoms. The van der Waals surface area contributed by atoms with Gasteiger partial charge in [0.2, 0.25) is 0 Å². The predicted molar refractivity (Wildman–Crippen MR) is 219 cm³/mol. The molecule has 4 saturated carbocycles. The molecule has 3 heterocycles. The summed E-state index contributed by atoms with van der Waals surface area (Å²) in [7, 11) is 0. The second-order valence-corrected chi connectivity index (χ2v) is 22.6. The van der Waals surface area contributed by atoms with E-state index in [1.54, 1.807) is 0 Å². The summed E-state index contributed by atoms with van der Waals surface area (Å²) in [6.45, 7) is 15.3. The van der Waals surface area contributed by atoms with Crippen molar-refractivity contribution in [3.05, 3.63) is 11.6 Å². The molecule has 62 heavy (non-hydrogen) atoms. The number of aliphatic hydroxyl groups is 8. The lowest BCUT2D eigenvalue weighted by atomic mass is 9.33. The Morgan fingerprint density at radius 3 is 2.03 bits per heavy atom. The average molecular weight is 883 g/mol. The van der Waals surface area contributed by atoms with Crippen LogP contribution in [0, 0.1) is 50.2 Å². The lowest BCUT2D eigenvalue weighted by Crippen LogP contribution is -2.66. The number of hydrogen-bond donors (Lipinski definition) is 9. The van der Waals surface area contributed by atoms with Gasteiger partial charge in [-0.15, -0.1) is 0 Å². The Labute approximate surface area is 364 Å². The Balaban J connectivity index is 0.961. The second kappa shape index (κ2) is 16.5. The molecule has 0 aromatic heterocycles. The van der Waals surface area contributed by atoms with E-state index < -0.39 is 97.9 Å². The highest BCUT2D eigenvalue weighted by Gasteiger charge is 2.69. The molecule has 0 bridgehead atoms. The Morgan fingerprint density at radius 2 is 1.34 bits per heavy atom. The number of hydrogen-bond acceptors (Lipinski definition) is 15. The van der Waals surface area contributed by atoms with Gasteiger partial charge in [-0.05, 0) is 109 Å². The maximum atomic E-state index is 13.1. The van der Waals surface area contributed by atoms with Gasteiger partial charge in [0.25, 0.3) is 0 Å². The van der Waals surface area contributed by atoms with Crippen molar-refractivity contribution in [2.75, 3.05) is 19.8 Å². The molecule has 8 aliphatic rings. The molecule has 16 nitrogen and oxygen atoms in total. The van der Waals surface area contributed by atoms with E-state index in [2.05, 4.69) is 54.5 Å². The van der Waals surface area contributed by atoms with Crippen molar-refractivity contribution in [2.24, 2.45) is 50.2 Å². The van der Waals surface area contributed by atoms with E-state index in [9.17, 15) is 50.8 Å². The van der Waals surface area contributed by atoms with Gasteiger partial charge in [-0.3, -0.25) is 4.79 Å². The van der Waals surface area contributed by atoms with Crippen LogP contribution in [0.2, 0.25) is 0 Å². The predicted octanol–water partition coefficient (Wildman–Crippen LogP) is 1.98. The van der Waals surface area contributed by atoms with E-state index in [1.807, 2.05) is 0 Å². The maximum absolute atomic E-state index is 13.1. The fourth-order valence-corrected chi connectivity index (χ4v) is 14.5. The third-order valence-corrected chi connectivity index (χ3v) is 18.6. The molecule has 7 fully saturated rings. The molecule has 0 aromatic carbocycles. The molecule has 5 aliphatic carbocycles. The first-order valence-corrected chi connectivity index (χ1v) is 23.1. The summed E-state index contributed by atoms with van der Waals surface area (Å²) in [4.78, 5) is 13.1. The van der Waals surface area contributed by atoms with Crippen molar-refractivity contribution in [1.29, 1.82) is 0 Å². The number of fused-ring (bicyclic) bond motifs is 7. The molecule has 8 rings (SSSR count). The van der Waals surface area contributed by atoms with Gasteiger partial charge in [0.15, 0.2) is 18.9 Å². The third-order valence-electron chi connectivity index (χ3n) is 18.6. The number of aliphatic hydroxyl groups excluding tert-OH is 8. The minimum Gasteiger partial charge on any atom is -0.481 e. The molecular formula is C46H74O16. The molecule has 3 saturated heterocycles. The van der Waals surface area contributed by atoms with Crippen LogP contribution in [0.4, 0.5) is 0 Å².